The van der Waals surface area contributed by atoms with Crippen LogP contribution in [0.1, 0.15) is 42.9 Å². The minimum absolute atomic E-state index is 0.0465. The first kappa shape index (κ1) is 27.6. The highest BCUT2D eigenvalue weighted by Gasteiger charge is 2.39. The second kappa shape index (κ2) is 12.4. The molecule has 2 atom stereocenters. The molecule has 0 amide bonds. The quantitative estimate of drug-likeness (QED) is 0.280. The van der Waals surface area contributed by atoms with Gasteiger partial charge in [-0.15, -0.1) is 0 Å². The molecule has 2 aromatic heterocycles. The Labute approximate surface area is 221 Å². The van der Waals surface area contributed by atoms with E-state index in [9.17, 15) is 0 Å². The second-order valence-electron chi connectivity index (χ2n) is 9.29. The standard InChI is InChI=1S/C21H25NO.C5H5N5.H2O4S/c1-22-18-12-13-19(22)15-20(14-18)23-21(16-8-4-2-5-9-16)17-10-6-3-7-11-17;6-4-3-5(9-1-7-3)10-2-8-4;1-5(2,3)4/h2-11,18-21H,12-15H2,1H3;1-2H,(H3,6,7,8,9,10);(H2,1,2,3,4). The Bertz CT molecular complexity index is 1340. The summed E-state index contributed by atoms with van der Waals surface area (Å²) in [6, 6.07) is 22.7. The number of anilines is 1. The van der Waals surface area contributed by atoms with Gasteiger partial charge in [0.25, 0.3) is 0 Å². The maximum atomic E-state index is 8.74. The van der Waals surface area contributed by atoms with E-state index in [1.807, 2.05) is 0 Å². The van der Waals surface area contributed by atoms with Crippen molar-refractivity contribution >= 4 is 27.4 Å². The lowest BCUT2D eigenvalue weighted by atomic mass is 9.97. The fraction of sp³-hybridized carbons (Fsp3) is 0.346. The predicted octanol–water partition coefficient (Wildman–Crippen LogP) is 3.70. The van der Waals surface area contributed by atoms with Crippen molar-refractivity contribution in [2.24, 2.45) is 0 Å². The van der Waals surface area contributed by atoms with Gasteiger partial charge in [0.05, 0.1) is 12.4 Å². The van der Waals surface area contributed by atoms with Gasteiger partial charge in [0.1, 0.15) is 17.9 Å². The van der Waals surface area contributed by atoms with Crippen LogP contribution in [0.15, 0.2) is 73.3 Å². The van der Waals surface area contributed by atoms with Crippen LogP contribution in [0.5, 0.6) is 0 Å². The van der Waals surface area contributed by atoms with Crippen LogP contribution in [0.4, 0.5) is 5.82 Å². The van der Waals surface area contributed by atoms with E-state index in [0.717, 1.165) is 0 Å². The number of aromatic nitrogens is 4. The van der Waals surface area contributed by atoms with Gasteiger partial charge in [-0.05, 0) is 43.9 Å². The molecule has 2 aliphatic heterocycles. The van der Waals surface area contributed by atoms with Crippen molar-refractivity contribution in [1.82, 2.24) is 24.8 Å². The molecule has 2 unspecified atom stereocenters. The summed E-state index contributed by atoms with van der Waals surface area (Å²) in [6.07, 6.45) is 8.35. The van der Waals surface area contributed by atoms with Gasteiger partial charge >= 0.3 is 10.4 Å². The number of ether oxygens (including phenoxy) is 1. The molecule has 2 bridgehead atoms. The minimum atomic E-state index is -4.67. The third-order valence-corrected chi connectivity index (χ3v) is 6.84. The summed E-state index contributed by atoms with van der Waals surface area (Å²) in [5.74, 6) is 0.433. The Morgan fingerprint density at radius 3 is 1.97 bits per heavy atom. The summed E-state index contributed by atoms with van der Waals surface area (Å²) >= 11 is 0. The Kier molecular flexibility index (Phi) is 9.02. The number of nitrogens with two attached hydrogens (primary N) is 1. The molecule has 0 spiro atoms. The molecule has 11 nitrogen and oxygen atoms in total. The number of rotatable bonds is 4. The van der Waals surface area contributed by atoms with E-state index in [4.69, 9.17) is 28.0 Å². The number of piperidine rings is 1. The van der Waals surface area contributed by atoms with Gasteiger partial charge in [-0.2, -0.15) is 8.42 Å². The van der Waals surface area contributed by atoms with Crippen molar-refractivity contribution in [2.75, 3.05) is 12.8 Å². The number of nitrogens with zero attached hydrogens (tertiary/aromatic N) is 4. The Morgan fingerprint density at radius 1 is 0.947 bits per heavy atom. The molecule has 0 saturated carbocycles. The molecule has 202 valence electrons. The zero-order valence-corrected chi connectivity index (χ0v) is 21.8. The van der Waals surface area contributed by atoms with Gasteiger partial charge in [0, 0.05) is 12.1 Å². The summed E-state index contributed by atoms with van der Waals surface area (Å²) in [5.41, 5.74) is 9.29. The van der Waals surface area contributed by atoms with Crippen molar-refractivity contribution in [2.45, 2.75) is 50.0 Å². The minimum Gasteiger partial charge on any atom is -0.382 e. The van der Waals surface area contributed by atoms with E-state index >= 15 is 0 Å². The molecular weight excluding hydrogens is 508 g/mol. The molecular formula is C26H32N6O5S. The molecule has 12 heteroatoms. The number of nitrogens with one attached hydrogen (secondary N) is 1. The van der Waals surface area contributed by atoms with E-state index in [1.54, 1.807) is 0 Å². The zero-order valence-electron chi connectivity index (χ0n) is 21.0. The van der Waals surface area contributed by atoms with Crippen molar-refractivity contribution in [3.05, 3.63) is 84.4 Å². The maximum Gasteiger partial charge on any atom is 0.394 e. The zero-order chi connectivity index (χ0) is 27.1. The first-order valence-electron chi connectivity index (χ1n) is 12.3. The fourth-order valence-electron chi connectivity index (χ4n) is 5.05. The predicted molar refractivity (Wildman–Crippen MR) is 144 cm³/mol. The number of nitrogen functional groups attached to an aromatic ring is 1. The highest BCUT2D eigenvalue weighted by Crippen LogP contribution is 2.38. The van der Waals surface area contributed by atoms with Crippen molar-refractivity contribution < 1.29 is 22.3 Å². The van der Waals surface area contributed by atoms with E-state index in [2.05, 4.69) is 92.5 Å². The van der Waals surface area contributed by atoms with E-state index < -0.39 is 10.4 Å². The van der Waals surface area contributed by atoms with Gasteiger partial charge in [0.15, 0.2) is 11.5 Å². The molecule has 2 aromatic carbocycles. The van der Waals surface area contributed by atoms with E-state index in [-0.39, 0.29) is 6.10 Å². The molecule has 2 aliphatic rings. The molecule has 4 heterocycles. The maximum absolute atomic E-state index is 8.74. The number of aromatic amines is 1. The molecule has 5 N–H and O–H groups in total. The lowest BCUT2D eigenvalue weighted by Crippen LogP contribution is -2.43. The summed E-state index contributed by atoms with van der Waals surface area (Å²) in [6.45, 7) is 0. The lowest BCUT2D eigenvalue weighted by molar-refractivity contribution is -0.0426. The van der Waals surface area contributed by atoms with Gasteiger partial charge < -0.3 is 20.4 Å². The monoisotopic (exact) mass is 540 g/mol. The Balaban J connectivity index is 0.000000184. The summed E-state index contributed by atoms with van der Waals surface area (Å²) in [7, 11) is -2.38. The molecule has 6 rings (SSSR count). The van der Waals surface area contributed by atoms with Crippen LogP contribution in [0.25, 0.3) is 11.2 Å². The fourth-order valence-corrected chi connectivity index (χ4v) is 5.05. The van der Waals surface area contributed by atoms with Gasteiger partial charge in [-0.1, -0.05) is 60.7 Å². The summed E-state index contributed by atoms with van der Waals surface area (Å²) in [5, 5.41) is 0. The number of benzene rings is 2. The number of fused-ring (bicyclic) bond motifs is 3. The lowest BCUT2D eigenvalue weighted by Gasteiger charge is -2.38. The van der Waals surface area contributed by atoms with Crippen LogP contribution in [0, 0.1) is 0 Å². The summed E-state index contributed by atoms with van der Waals surface area (Å²) in [4.78, 5) is 16.9. The highest BCUT2D eigenvalue weighted by atomic mass is 32.3. The molecule has 4 aromatic rings. The van der Waals surface area contributed by atoms with Crippen molar-refractivity contribution in [1.29, 1.82) is 0 Å². The first-order valence-corrected chi connectivity index (χ1v) is 13.7. The number of imidazole rings is 1. The highest BCUT2D eigenvalue weighted by molar-refractivity contribution is 7.79. The van der Waals surface area contributed by atoms with Crippen molar-refractivity contribution in [3.8, 4) is 0 Å². The van der Waals surface area contributed by atoms with Gasteiger partial charge in [0.2, 0.25) is 0 Å². The SMILES string of the molecule is CN1C2CCC1CC(OC(c1ccccc1)c1ccccc1)C2.Nc1ncnc2nc[nH]c12.O=S(=O)(O)O. The number of hydrogen-bond acceptors (Lipinski definition) is 8. The molecule has 0 radical (unpaired) electrons. The third kappa shape index (κ3) is 7.55. The molecule has 2 saturated heterocycles. The molecule has 38 heavy (non-hydrogen) atoms. The Hall–Kier alpha value is -3.42. The normalized spacial score (nSPS) is 20.9. The van der Waals surface area contributed by atoms with Crippen LogP contribution < -0.4 is 5.73 Å². The molecule has 0 aliphatic carbocycles. The van der Waals surface area contributed by atoms with Crippen LogP contribution in [-0.4, -0.2) is 67.6 Å². The molecule has 2 fully saturated rings. The van der Waals surface area contributed by atoms with E-state index in [1.165, 1.54) is 49.5 Å². The van der Waals surface area contributed by atoms with Gasteiger partial charge in [-0.3, -0.25) is 9.11 Å². The van der Waals surface area contributed by atoms with Crippen LogP contribution in [0.2, 0.25) is 0 Å². The third-order valence-electron chi connectivity index (χ3n) is 6.84. The number of H-pyrrole nitrogens is 1. The topological polar surface area (TPSA) is 168 Å². The average molecular weight is 541 g/mol. The van der Waals surface area contributed by atoms with Crippen LogP contribution >= 0.6 is 0 Å². The van der Waals surface area contributed by atoms with Crippen LogP contribution in [0.3, 0.4) is 0 Å². The first-order chi connectivity index (χ1) is 18.2. The van der Waals surface area contributed by atoms with Gasteiger partial charge in [-0.25, -0.2) is 15.0 Å². The Morgan fingerprint density at radius 2 is 1.47 bits per heavy atom. The smallest absolute Gasteiger partial charge is 0.382 e. The average Bonchev–Trinajstić information content (AvgIpc) is 3.44. The van der Waals surface area contributed by atoms with Crippen molar-refractivity contribution in [3.63, 3.8) is 0 Å². The van der Waals surface area contributed by atoms with Crippen LogP contribution in [-0.2, 0) is 15.1 Å². The van der Waals surface area contributed by atoms with E-state index in [0.29, 0.717) is 35.2 Å². The largest absolute Gasteiger partial charge is 0.394 e. The second-order valence-corrected chi connectivity index (χ2v) is 10.2. The summed E-state index contributed by atoms with van der Waals surface area (Å²) < 4.78 is 38.2. The number of hydrogen-bond donors (Lipinski definition) is 4.